The zero-order valence-corrected chi connectivity index (χ0v) is 7.36. The van der Waals surface area contributed by atoms with Gasteiger partial charge in [0.05, 0.1) is 6.61 Å². The summed E-state index contributed by atoms with van der Waals surface area (Å²) in [6.45, 7) is -0.0337. The minimum atomic E-state index is -0.0337. The molecule has 0 N–H and O–H groups in total. The van der Waals surface area contributed by atoms with Crippen LogP contribution in [-0.4, -0.2) is 6.61 Å². The molecule has 0 saturated carbocycles. The molecular weight excluding hydrogens is 160 g/mol. The quantitative estimate of drug-likeness (QED) is 0.662. The van der Waals surface area contributed by atoms with Gasteiger partial charge in [0.25, 0.3) is 0 Å². The summed E-state index contributed by atoms with van der Waals surface area (Å²) < 4.78 is 0. The second kappa shape index (κ2) is 3.58. The number of benzene rings is 2. The molecule has 0 saturated heterocycles. The van der Waals surface area contributed by atoms with Crippen LogP contribution in [0.2, 0.25) is 0 Å². The Kier molecular flexibility index (Phi) is 2.28. The van der Waals surface area contributed by atoms with Crippen LogP contribution in [0.25, 0.3) is 10.8 Å². The fraction of sp³-hybridized carbons (Fsp3) is 0.167. The molecule has 1 heteroatoms. The van der Waals surface area contributed by atoms with E-state index >= 15 is 0 Å². The van der Waals surface area contributed by atoms with E-state index in [9.17, 15) is 5.11 Å². The van der Waals surface area contributed by atoms with E-state index in [-0.39, 0.29) is 6.61 Å². The Balaban J connectivity index is 2.61. The Morgan fingerprint density at radius 2 is 1.69 bits per heavy atom. The van der Waals surface area contributed by atoms with E-state index in [1.165, 1.54) is 10.8 Å². The fourth-order valence-electron chi connectivity index (χ4n) is 1.62. The standard InChI is InChI=1S/C12H11O/c13-9-8-11-6-3-5-10-4-1-2-7-12(10)11/h1-7H,8-9H2. The maximum atomic E-state index is 10.5. The van der Waals surface area contributed by atoms with Crippen molar-refractivity contribution >= 4 is 10.8 Å². The molecule has 0 fully saturated rings. The Bertz CT molecular complexity index is 401. The molecule has 13 heavy (non-hydrogen) atoms. The second-order valence-electron chi connectivity index (χ2n) is 3.09. The maximum absolute atomic E-state index is 10.5. The van der Waals surface area contributed by atoms with Crippen molar-refractivity contribution in [1.82, 2.24) is 0 Å². The third-order valence-corrected chi connectivity index (χ3v) is 2.25. The third kappa shape index (κ3) is 1.56. The minimum absolute atomic E-state index is 0.0337. The molecule has 0 heterocycles. The summed E-state index contributed by atoms with van der Waals surface area (Å²) in [5.74, 6) is 0. The summed E-state index contributed by atoms with van der Waals surface area (Å²) in [7, 11) is 0. The molecule has 2 aromatic rings. The Morgan fingerprint density at radius 3 is 2.54 bits per heavy atom. The molecule has 1 nitrogen and oxygen atoms in total. The van der Waals surface area contributed by atoms with Crippen molar-refractivity contribution in [2.75, 3.05) is 6.61 Å². The second-order valence-corrected chi connectivity index (χ2v) is 3.09. The molecule has 0 unspecified atom stereocenters. The fourth-order valence-corrected chi connectivity index (χ4v) is 1.62. The van der Waals surface area contributed by atoms with Gasteiger partial charge in [-0.15, -0.1) is 0 Å². The van der Waals surface area contributed by atoms with Gasteiger partial charge in [-0.2, -0.15) is 0 Å². The van der Waals surface area contributed by atoms with Crippen molar-refractivity contribution in [3.05, 3.63) is 48.0 Å². The van der Waals surface area contributed by atoms with Crippen molar-refractivity contribution in [2.24, 2.45) is 0 Å². The highest BCUT2D eigenvalue weighted by Gasteiger charge is 1.98. The lowest BCUT2D eigenvalue weighted by Gasteiger charge is -2.03. The highest BCUT2D eigenvalue weighted by Crippen LogP contribution is 2.18. The van der Waals surface area contributed by atoms with Gasteiger partial charge in [-0.3, -0.25) is 0 Å². The van der Waals surface area contributed by atoms with Crippen LogP contribution in [0.1, 0.15) is 5.56 Å². The van der Waals surface area contributed by atoms with Crippen molar-refractivity contribution in [3.8, 4) is 0 Å². The van der Waals surface area contributed by atoms with E-state index < -0.39 is 0 Å². The topological polar surface area (TPSA) is 19.9 Å². The largest absolute Gasteiger partial charge is 0.236 e. The van der Waals surface area contributed by atoms with Crippen LogP contribution in [0.3, 0.4) is 0 Å². The maximum Gasteiger partial charge on any atom is 0.0862 e. The molecule has 2 rings (SSSR count). The van der Waals surface area contributed by atoms with Gasteiger partial charge in [0.1, 0.15) is 0 Å². The molecular formula is C12H11O. The smallest absolute Gasteiger partial charge is 0.0862 e. The molecule has 0 aromatic heterocycles. The van der Waals surface area contributed by atoms with Gasteiger partial charge >= 0.3 is 0 Å². The van der Waals surface area contributed by atoms with Crippen LogP contribution in [0, 0.1) is 0 Å². The number of hydrogen-bond acceptors (Lipinski definition) is 0. The number of fused-ring (bicyclic) bond motifs is 1. The predicted molar refractivity (Wildman–Crippen MR) is 53.2 cm³/mol. The van der Waals surface area contributed by atoms with Gasteiger partial charge in [0.15, 0.2) is 0 Å². The van der Waals surface area contributed by atoms with Crippen LogP contribution in [0.5, 0.6) is 0 Å². The van der Waals surface area contributed by atoms with E-state index in [2.05, 4.69) is 18.2 Å². The first kappa shape index (κ1) is 8.27. The molecule has 1 radical (unpaired) electrons. The number of rotatable bonds is 2. The summed E-state index contributed by atoms with van der Waals surface area (Å²) in [6, 6.07) is 14.3. The first-order valence-corrected chi connectivity index (χ1v) is 4.46. The zero-order valence-electron chi connectivity index (χ0n) is 7.36. The highest BCUT2D eigenvalue weighted by atomic mass is 16.2. The average molecular weight is 171 g/mol. The average Bonchev–Trinajstić information content (AvgIpc) is 2.19. The van der Waals surface area contributed by atoms with E-state index in [4.69, 9.17) is 0 Å². The zero-order chi connectivity index (χ0) is 9.10. The first-order valence-electron chi connectivity index (χ1n) is 4.46. The monoisotopic (exact) mass is 171 g/mol. The van der Waals surface area contributed by atoms with E-state index in [0.717, 1.165) is 5.56 Å². The van der Waals surface area contributed by atoms with Crippen LogP contribution >= 0.6 is 0 Å². The summed E-state index contributed by atoms with van der Waals surface area (Å²) in [5, 5.41) is 13.0. The Labute approximate surface area is 77.6 Å². The molecule has 0 aliphatic heterocycles. The van der Waals surface area contributed by atoms with Crippen LogP contribution < -0.4 is 0 Å². The molecule has 0 aliphatic rings. The molecule has 2 aromatic carbocycles. The van der Waals surface area contributed by atoms with E-state index in [1.807, 2.05) is 24.3 Å². The Morgan fingerprint density at radius 1 is 0.923 bits per heavy atom. The van der Waals surface area contributed by atoms with Crippen molar-refractivity contribution in [3.63, 3.8) is 0 Å². The highest BCUT2D eigenvalue weighted by molar-refractivity contribution is 5.85. The van der Waals surface area contributed by atoms with E-state index in [0.29, 0.717) is 6.42 Å². The normalized spacial score (nSPS) is 10.5. The SMILES string of the molecule is [O]CCc1cccc2ccccc12. The number of hydrogen-bond donors (Lipinski definition) is 0. The lowest BCUT2D eigenvalue weighted by Crippen LogP contribution is -1.90. The van der Waals surface area contributed by atoms with Crippen LogP contribution in [-0.2, 0) is 11.5 Å². The van der Waals surface area contributed by atoms with Crippen molar-refractivity contribution < 1.29 is 5.11 Å². The Hall–Kier alpha value is -1.34. The van der Waals surface area contributed by atoms with E-state index in [1.54, 1.807) is 0 Å². The molecule has 0 atom stereocenters. The summed E-state index contributed by atoms with van der Waals surface area (Å²) in [6.07, 6.45) is 0.626. The molecule has 0 bridgehead atoms. The summed E-state index contributed by atoms with van der Waals surface area (Å²) in [5.41, 5.74) is 1.16. The first-order chi connectivity index (χ1) is 6.42. The van der Waals surface area contributed by atoms with Crippen molar-refractivity contribution in [2.45, 2.75) is 6.42 Å². The van der Waals surface area contributed by atoms with Gasteiger partial charge in [-0.05, 0) is 22.8 Å². The molecule has 0 spiro atoms. The summed E-state index contributed by atoms with van der Waals surface area (Å²) in [4.78, 5) is 0. The predicted octanol–water partition coefficient (Wildman–Crippen LogP) is 2.81. The van der Waals surface area contributed by atoms with Gasteiger partial charge in [-0.25, -0.2) is 5.11 Å². The van der Waals surface area contributed by atoms with Gasteiger partial charge < -0.3 is 0 Å². The summed E-state index contributed by atoms with van der Waals surface area (Å²) >= 11 is 0. The molecule has 0 aliphatic carbocycles. The van der Waals surface area contributed by atoms with Gasteiger partial charge in [0, 0.05) is 0 Å². The molecule has 0 amide bonds. The van der Waals surface area contributed by atoms with Crippen molar-refractivity contribution in [1.29, 1.82) is 0 Å². The lowest BCUT2D eigenvalue weighted by atomic mass is 10.0. The lowest BCUT2D eigenvalue weighted by molar-refractivity contribution is 0.197. The van der Waals surface area contributed by atoms with Gasteiger partial charge in [-0.1, -0.05) is 42.5 Å². The van der Waals surface area contributed by atoms with Crippen LogP contribution in [0.4, 0.5) is 0 Å². The molecule has 65 valence electrons. The third-order valence-electron chi connectivity index (χ3n) is 2.25. The van der Waals surface area contributed by atoms with Gasteiger partial charge in [0.2, 0.25) is 0 Å². The van der Waals surface area contributed by atoms with Crippen LogP contribution in [0.15, 0.2) is 42.5 Å². The minimum Gasteiger partial charge on any atom is -0.236 e.